The summed E-state index contributed by atoms with van der Waals surface area (Å²) in [5.74, 6) is 1.25. The molecule has 134 valence electrons. The molecule has 0 radical (unpaired) electrons. The molecule has 0 aliphatic carbocycles. The van der Waals surface area contributed by atoms with E-state index in [0.29, 0.717) is 16.7 Å². The van der Waals surface area contributed by atoms with Crippen molar-refractivity contribution in [2.75, 3.05) is 7.11 Å². The Labute approximate surface area is 162 Å². The Kier molecular flexibility index (Phi) is 4.65. The SMILES string of the molecule is COc1ccc(C=Nc2ccc(-c3nc4c(C)cccc4o3)cc2)cc1Cl. The van der Waals surface area contributed by atoms with Crippen molar-refractivity contribution in [3.05, 3.63) is 76.8 Å². The van der Waals surface area contributed by atoms with Crippen molar-refractivity contribution in [2.24, 2.45) is 4.99 Å². The van der Waals surface area contributed by atoms with Gasteiger partial charge in [0.05, 0.1) is 17.8 Å². The Balaban J connectivity index is 1.56. The van der Waals surface area contributed by atoms with E-state index < -0.39 is 0 Å². The minimum Gasteiger partial charge on any atom is -0.495 e. The Hall–Kier alpha value is -3.11. The molecule has 0 bridgehead atoms. The van der Waals surface area contributed by atoms with Gasteiger partial charge in [0.2, 0.25) is 5.89 Å². The van der Waals surface area contributed by atoms with Crippen molar-refractivity contribution in [1.82, 2.24) is 4.98 Å². The molecule has 0 N–H and O–H groups in total. The van der Waals surface area contributed by atoms with Crippen molar-refractivity contribution < 1.29 is 9.15 Å². The number of aliphatic imine (C=N–C) groups is 1. The molecule has 27 heavy (non-hydrogen) atoms. The molecule has 3 aromatic carbocycles. The highest BCUT2D eigenvalue weighted by atomic mass is 35.5. The third-order valence-corrected chi connectivity index (χ3v) is 4.57. The maximum absolute atomic E-state index is 6.14. The summed E-state index contributed by atoms with van der Waals surface area (Å²) >= 11 is 6.14. The number of hydrogen-bond donors (Lipinski definition) is 0. The standard InChI is InChI=1S/C22H17ClN2O2/c1-14-4-3-5-20-21(14)25-22(27-20)16-7-9-17(10-8-16)24-13-15-6-11-19(26-2)18(23)12-15/h3-13H,1-2H3. The molecule has 0 amide bonds. The van der Waals surface area contributed by atoms with Gasteiger partial charge in [0.15, 0.2) is 5.58 Å². The first-order chi connectivity index (χ1) is 13.1. The third kappa shape index (κ3) is 3.57. The molecule has 0 unspecified atom stereocenters. The van der Waals surface area contributed by atoms with Crippen LogP contribution in [0.25, 0.3) is 22.6 Å². The van der Waals surface area contributed by atoms with Crippen molar-refractivity contribution in [3.63, 3.8) is 0 Å². The summed E-state index contributed by atoms with van der Waals surface area (Å²) in [5.41, 5.74) is 5.44. The number of oxazole rings is 1. The van der Waals surface area contributed by atoms with Gasteiger partial charge in [-0.25, -0.2) is 4.98 Å². The number of rotatable bonds is 4. The molecule has 0 saturated carbocycles. The van der Waals surface area contributed by atoms with Crippen molar-refractivity contribution in [1.29, 1.82) is 0 Å². The van der Waals surface area contributed by atoms with Gasteiger partial charge in [-0.3, -0.25) is 4.99 Å². The summed E-state index contributed by atoms with van der Waals surface area (Å²) < 4.78 is 11.0. The Morgan fingerprint density at radius 2 is 1.89 bits per heavy atom. The topological polar surface area (TPSA) is 47.6 Å². The molecular formula is C22H17ClN2O2. The van der Waals surface area contributed by atoms with E-state index in [1.54, 1.807) is 13.3 Å². The van der Waals surface area contributed by atoms with Gasteiger partial charge in [0, 0.05) is 11.8 Å². The van der Waals surface area contributed by atoms with Crippen LogP contribution in [-0.2, 0) is 0 Å². The second kappa shape index (κ2) is 7.25. The van der Waals surface area contributed by atoms with Gasteiger partial charge < -0.3 is 9.15 Å². The molecule has 0 spiro atoms. The Bertz CT molecular complexity index is 1130. The van der Waals surface area contributed by atoms with Crippen LogP contribution in [0.3, 0.4) is 0 Å². The average molecular weight is 377 g/mol. The van der Waals surface area contributed by atoms with E-state index in [1.807, 2.05) is 67.6 Å². The molecule has 4 rings (SSSR count). The molecule has 0 fully saturated rings. The Morgan fingerprint density at radius 3 is 2.59 bits per heavy atom. The normalized spacial score (nSPS) is 11.4. The molecule has 1 aromatic heterocycles. The van der Waals surface area contributed by atoms with E-state index in [1.165, 1.54) is 0 Å². The van der Waals surface area contributed by atoms with Gasteiger partial charge in [-0.1, -0.05) is 23.7 Å². The molecule has 4 nitrogen and oxygen atoms in total. The van der Waals surface area contributed by atoms with Crippen LogP contribution in [0.2, 0.25) is 5.02 Å². The number of methoxy groups -OCH3 is 1. The van der Waals surface area contributed by atoms with Gasteiger partial charge in [0.1, 0.15) is 11.3 Å². The van der Waals surface area contributed by atoms with E-state index in [-0.39, 0.29) is 0 Å². The maximum atomic E-state index is 6.14. The number of aryl methyl sites for hydroxylation is 1. The van der Waals surface area contributed by atoms with E-state index in [4.69, 9.17) is 20.8 Å². The third-order valence-electron chi connectivity index (χ3n) is 4.27. The van der Waals surface area contributed by atoms with E-state index >= 15 is 0 Å². The van der Waals surface area contributed by atoms with Crippen LogP contribution in [0, 0.1) is 6.92 Å². The quantitative estimate of drug-likeness (QED) is 0.397. The van der Waals surface area contributed by atoms with Crippen LogP contribution in [-0.4, -0.2) is 18.3 Å². The van der Waals surface area contributed by atoms with Crippen LogP contribution >= 0.6 is 11.6 Å². The van der Waals surface area contributed by atoms with Gasteiger partial charge >= 0.3 is 0 Å². The van der Waals surface area contributed by atoms with Gasteiger partial charge in [-0.05, 0) is 66.6 Å². The lowest BCUT2D eigenvalue weighted by atomic mass is 10.2. The highest BCUT2D eigenvalue weighted by Gasteiger charge is 2.09. The number of halogens is 1. The van der Waals surface area contributed by atoms with Crippen LogP contribution < -0.4 is 4.74 Å². The molecule has 0 saturated heterocycles. The lowest BCUT2D eigenvalue weighted by Gasteiger charge is -2.02. The lowest BCUT2D eigenvalue weighted by Crippen LogP contribution is -1.86. The zero-order chi connectivity index (χ0) is 18.8. The van der Waals surface area contributed by atoms with Crippen molar-refractivity contribution in [2.45, 2.75) is 6.92 Å². The molecule has 0 aliphatic heterocycles. The first-order valence-corrected chi connectivity index (χ1v) is 8.86. The summed E-state index contributed by atoms with van der Waals surface area (Å²) in [6.07, 6.45) is 1.77. The molecule has 1 heterocycles. The largest absolute Gasteiger partial charge is 0.495 e. The minimum atomic E-state index is 0.558. The fourth-order valence-corrected chi connectivity index (χ4v) is 3.08. The second-order valence-corrected chi connectivity index (χ2v) is 6.55. The fraction of sp³-hybridized carbons (Fsp3) is 0.0909. The highest BCUT2D eigenvalue weighted by Crippen LogP contribution is 2.28. The fourth-order valence-electron chi connectivity index (χ4n) is 2.81. The summed E-state index contributed by atoms with van der Waals surface area (Å²) in [7, 11) is 1.59. The molecular weight excluding hydrogens is 360 g/mol. The van der Waals surface area contributed by atoms with E-state index in [0.717, 1.165) is 33.5 Å². The van der Waals surface area contributed by atoms with Gasteiger partial charge in [-0.2, -0.15) is 0 Å². The summed E-state index contributed by atoms with van der Waals surface area (Å²) in [4.78, 5) is 9.09. The maximum Gasteiger partial charge on any atom is 0.227 e. The smallest absolute Gasteiger partial charge is 0.227 e. The molecule has 0 atom stereocenters. The zero-order valence-corrected chi connectivity index (χ0v) is 15.7. The van der Waals surface area contributed by atoms with Crippen LogP contribution in [0.5, 0.6) is 5.75 Å². The predicted molar refractivity (Wildman–Crippen MR) is 109 cm³/mol. The van der Waals surface area contributed by atoms with E-state index in [2.05, 4.69) is 9.98 Å². The first kappa shape index (κ1) is 17.3. The van der Waals surface area contributed by atoms with E-state index in [9.17, 15) is 0 Å². The highest BCUT2D eigenvalue weighted by molar-refractivity contribution is 6.32. The van der Waals surface area contributed by atoms with Crippen LogP contribution in [0.1, 0.15) is 11.1 Å². The van der Waals surface area contributed by atoms with Crippen LogP contribution in [0.4, 0.5) is 5.69 Å². The number of ether oxygens (including phenoxy) is 1. The molecule has 4 aromatic rings. The summed E-state index contributed by atoms with van der Waals surface area (Å²) in [5, 5.41) is 0.558. The zero-order valence-electron chi connectivity index (χ0n) is 14.9. The van der Waals surface area contributed by atoms with Crippen LogP contribution in [0.15, 0.2) is 70.1 Å². The Morgan fingerprint density at radius 1 is 1.07 bits per heavy atom. The average Bonchev–Trinajstić information content (AvgIpc) is 3.13. The second-order valence-electron chi connectivity index (χ2n) is 6.14. The van der Waals surface area contributed by atoms with Crippen molar-refractivity contribution >= 4 is 34.6 Å². The number of benzene rings is 3. The predicted octanol–water partition coefficient (Wildman–Crippen LogP) is 6.22. The number of hydrogen-bond acceptors (Lipinski definition) is 4. The number of para-hydroxylation sites is 1. The first-order valence-electron chi connectivity index (χ1n) is 8.48. The van der Waals surface area contributed by atoms with Gasteiger partial charge in [-0.15, -0.1) is 0 Å². The lowest BCUT2D eigenvalue weighted by molar-refractivity contribution is 0.415. The molecule has 0 aliphatic rings. The monoisotopic (exact) mass is 376 g/mol. The van der Waals surface area contributed by atoms with Gasteiger partial charge in [0.25, 0.3) is 0 Å². The number of nitrogens with zero attached hydrogens (tertiary/aromatic N) is 2. The van der Waals surface area contributed by atoms with Crippen molar-refractivity contribution in [3.8, 4) is 17.2 Å². The number of aromatic nitrogens is 1. The summed E-state index contributed by atoms with van der Waals surface area (Å²) in [6, 6.07) is 19.2. The summed E-state index contributed by atoms with van der Waals surface area (Å²) in [6.45, 7) is 2.03. The minimum absolute atomic E-state index is 0.558. The number of fused-ring (bicyclic) bond motifs is 1. The molecule has 5 heteroatoms.